The topological polar surface area (TPSA) is 71.6 Å². The van der Waals surface area contributed by atoms with Crippen molar-refractivity contribution in [2.45, 2.75) is 5.92 Å². The molecule has 6 heteroatoms. The minimum Gasteiger partial charge on any atom is -0.339 e. The Kier molecular flexibility index (Phi) is 4.85. The molecule has 4 aromatic heterocycles. The van der Waals surface area contributed by atoms with Crippen molar-refractivity contribution < 1.29 is 0 Å². The number of pyridine rings is 2. The van der Waals surface area contributed by atoms with Crippen molar-refractivity contribution in [3.8, 4) is 11.1 Å². The molecule has 17 rings (SSSR count). The normalized spacial score (nSPS) is 15.0. The summed E-state index contributed by atoms with van der Waals surface area (Å²) in [6.07, 6.45) is 4.59. The Morgan fingerprint density at radius 1 is 0.452 bits per heavy atom. The molecule has 1 N–H and O–H groups in total. The fourth-order valence-corrected chi connectivity index (χ4v) is 12.8. The number of nitrogens with zero attached hydrogens (tertiary/aromatic N) is 3. The van der Waals surface area contributed by atoms with Crippen LogP contribution in [0.4, 0.5) is 0 Å². The monoisotopic (exact) mass is 786 g/mol. The molecule has 15 aromatic rings. The van der Waals surface area contributed by atoms with E-state index in [-0.39, 0.29) is 17.0 Å². The van der Waals surface area contributed by atoms with E-state index in [4.69, 9.17) is 4.98 Å². The molecule has 0 bridgehead atoms. The van der Waals surface area contributed by atoms with Gasteiger partial charge in [-0.1, -0.05) is 103 Å². The van der Waals surface area contributed by atoms with Crippen LogP contribution in [-0.2, 0) is 0 Å². The Labute approximate surface area is 347 Å². The van der Waals surface area contributed by atoms with Gasteiger partial charge in [-0.05, 0) is 135 Å². The molecule has 0 aliphatic heterocycles. The first-order chi connectivity index (χ1) is 30.6. The van der Waals surface area contributed by atoms with Crippen LogP contribution in [0.2, 0.25) is 0 Å². The number of H-pyrrole nitrogens is 1. The van der Waals surface area contributed by atoms with Gasteiger partial charge in [-0.3, -0.25) is 18.4 Å². The maximum absolute atomic E-state index is 14.3. The van der Waals surface area contributed by atoms with Crippen molar-refractivity contribution in [2.24, 2.45) is 0 Å². The predicted molar refractivity (Wildman–Crippen MR) is 255 cm³/mol. The Morgan fingerprint density at radius 2 is 0.968 bits per heavy atom. The summed E-state index contributed by atoms with van der Waals surface area (Å²) in [6.45, 7) is 0. The van der Waals surface area contributed by atoms with Gasteiger partial charge in [0.05, 0.1) is 22.1 Å². The van der Waals surface area contributed by atoms with E-state index in [1.165, 1.54) is 76.1 Å². The smallest absolute Gasteiger partial charge is 0.264 e. The quantitative estimate of drug-likeness (QED) is 0.123. The number of imidazole rings is 2. The molecular formula is C56H26N4O2. The predicted octanol–water partition coefficient (Wildman–Crippen LogP) is 12.8. The van der Waals surface area contributed by atoms with Crippen molar-refractivity contribution in [1.82, 2.24) is 18.8 Å². The number of fused-ring (bicyclic) bond motifs is 14. The highest BCUT2D eigenvalue weighted by atomic mass is 16.1. The molecular weight excluding hydrogens is 761 g/mol. The number of rotatable bonds is 0. The van der Waals surface area contributed by atoms with Gasteiger partial charge in [0.2, 0.25) is 0 Å². The van der Waals surface area contributed by atoms with Crippen molar-refractivity contribution in [2.75, 3.05) is 0 Å². The molecule has 6 nitrogen and oxygen atoms in total. The fourth-order valence-electron chi connectivity index (χ4n) is 12.8. The van der Waals surface area contributed by atoms with Gasteiger partial charge >= 0.3 is 0 Å². The second kappa shape index (κ2) is 9.81. The van der Waals surface area contributed by atoms with Crippen LogP contribution >= 0.6 is 0 Å². The third-order valence-corrected chi connectivity index (χ3v) is 15.1. The molecule has 2 aliphatic carbocycles. The van der Waals surface area contributed by atoms with Crippen LogP contribution < -0.4 is 11.1 Å². The Morgan fingerprint density at radius 3 is 1.69 bits per heavy atom. The Hall–Kier alpha value is -8.35. The molecule has 1 atom stereocenters. The zero-order valence-electron chi connectivity index (χ0n) is 32.6. The van der Waals surface area contributed by atoms with Crippen molar-refractivity contribution in [3.05, 3.63) is 177 Å². The summed E-state index contributed by atoms with van der Waals surface area (Å²) in [6, 6.07) is 47.5. The van der Waals surface area contributed by atoms with E-state index in [0.29, 0.717) is 5.65 Å². The van der Waals surface area contributed by atoms with Gasteiger partial charge in [0.1, 0.15) is 11.3 Å². The molecule has 2 aliphatic rings. The average molecular weight is 787 g/mol. The number of aromatic amines is 1. The lowest BCUT2D eigenvalue weighted by Gasteiger charge is -2.32. The van der Waals surface area contributed by atoms with E-state index in [9.17, 15) is 9.59 Å². The molecule has 1 unspecified atom stereocenters. The van der Waals surface area contributed by atoms with E-state index < -0.39 is 0 Å². The Balaban J connectivity index is 0.974. The molecule has 282 valence electrons. The largest absolute Gasteiger partial charge is 0.339 e. The van der Waals surface area contributed by atoms with E-state index in [0.717, 1.165) is 76.4 Å². The fraction of sp³-hybridized carbons (Fsp3) is 0.0179. The summed E-state index contributed by atoms with van der Waals surface area (Å²) >= 11 is 0. The summed E-state index contributed by atoms with van der Waals surface area (Å²) in [5.41, 5.74) is 11.0. The second-order valence-electron chi connectivity index (χ2n) is 17.7. The first kappa shape index (κ1) is 30.7. The van der Waals surface area contributed by atoms with Crippen LogP contribution in [0.1, 0.15) is 22.6 Å². The molecule has 0 radical (unpaired) electrons. The van der Waals surface area contributed by atoms with Crippen LogP contribution in [0.5, 0.6) is 0 Å². The summed E-state index contributed by atoms with van der Waals surface area (Å²) in [5, 5.41) is 20.5. The number of nitrogens with one attached hydrogen (secondary N) is 1. The van der Waals surface area contributed by atoms with Gasteiger partial charge in [-0.25, -0.2) is 4.98 Å². The lowest BCUT2D eigenvalue weighted by atomic mass is 9.71. The highest BCUT2D eigenvalue weighted by molar-refractivity contribution is 6.44. The van der Waals surface area contributed by atoms with Gasteiger partial charge in [-0.15, -0.1) is 0 Å². The zero-order valence-corrected chi connectivity index (χ0v) is 32.6. The first-order valence-corrected chi connectivity index (χ1v) is 21.3. The van der Waals surface area contributed by atoms with Gasteiger partial charge < -0.3 is 4.98 Å². The summed E-state index contributed by atoms with van der Waals surface area (Å²) in [4.78, 5) is 37.3. The summed E-state index contributed by atoms with van der Waals surface area (Å²) in [7, 11) is 0. The van der Waals surface area contributed by atoms with Gasteiger partial charge in [0.25, 0.3) is 11.1 Å². The van der Waals surface area contributed by atoms with Gasteiger partial charge in [0, 0.05) is 38.4 Å². The number of allylic oxidation sites excluding steroid dienone is 1. The van der Waals surface area contributed by atoms with E-state index in [1.807, 2.05) is 59.0 Å². The number of para-hydroxylation sites is 4. The van der Waals surface area contributed by atoms with E-state index >= 15 is 0 Å². The number of benzene rings is 11. The maximum atomic E-state index is 14.3. The number of hydrogen-bond donors (Lipinski definition) is 1. The molecule has 0 saturated carbocycles. The van der Waals surface area contributed by atoms with Crippen LogP contribution in [0, 0.1) is 0 Å². The summed E-state index contributed by atoms with van der Waals surface area (Å²) in [5.74, 6) is 0.0166. The highest BCUT2D eigenvalue weighted by Crippen LogP contribution is 2.55. The SMILES string of the molecule is O=c1c2ccc3c4c2c(c2[nH]c5ccccc5n12)C=CC4c1ccc2c4ccc5c6ccc7c8c(ccc(c9ccc(c%10ccc-3c1c%102)c4c95)c68)c(=O)n1c2ccccc2nc71. The molecule has 0 amide bonds. The second-order valence-corrected chi connectivity index (χ2v) is 17.7. The zero-order chi connectivity index (χ0) is 40.0. The molecule has 0 spiro atoms. The van der Waals surface area contributed by atoms with Gasteiger partial charge in [0.15, 0.2) is 0 Å². The van der Waals surface area contributed by atoms with Crippen LogP contribution in [0.25, 0.3) is 148 Å². The first-order valence-electron chi connectivity index (χ1n) is 21.3. The van der Waals surface area contributed by atoms with Crippen LogP contribution in [-0.4, -0.2) is 18.8 Å². The number of hydrogen-bond acceptors (Lipinski definition) is 3. The van der Waals surface area contributed by atoms with Crippen LogP contribution in [0.3, 0.4) is 0 Å². The number of aromatic nitrogens is 4. The van der Waals surface area contributed by atoms with Gasteiger partial charge in [-0.2, -0.15) is 0 Å². The molecule has 4 heterocycles. The summed E-state index contributed by atoms with van der Waals surface area (Å²) < 4.78 is 3.64. The molecule has 62 heavy (non-hydrogen) atoms. The van der Waals surface area contributed by atoms with Crippen molar-refractivity contribution in [1.29, 1.82) is 0 Å². The van der Waals surface area contributed by atoms with Crippen molar-refractivity contribution >= 4 is 136 Å². The van der Waals surface area contributed by atoms with Crippen molar-refractivity contribution in [3.63, 3.8) is 0 Å². The lowest BCUT2D eigenvalue weighted by molar-refractivity contribution is 1.04. The molecule has 0 saturated heterocycles. The third kappa shape index (κ3) is 3.13. The molecule has 0 fully saturated rings. The molecule has 11 aromatic carbocycles. The van der Waals surface area contributed by atoms with E-state index in [1.54, 1.807) is 4.40 Å². The highest BCUT2D eigenvalue weighted by Gasteiger charge is 2.34. The third-order valence-electron chi connectivity index (χ3n) is 15.1. The van der Waals surface area contributed by atoms with E-state index in [2.05, 4.69) is 96.0 Å². The minimum absolute atomic E-state index is 0.0120. The standard InChI is InChI=1S/C56H26N4O2/c61-55-39-23-19-35-31-15-11-27-28-12-16-32-36-20-24-40-52-38(54-58-42-6-2-4-8-44(42)60(54)56(40)62)22-18-34(50(36)52)30-14-10-26(46(28)48(30)32)25-9-13-29(47(31)45(25)27)33-17-21-37(51(39)49(33)35)53-57-41-5-1-3-7-43(41)59(53)55/h1-24,33,57H. The minimum atomic E-state index is -0.0295. The average Bonchev–Trinajstić information content (AvgIpc) is 3.91. The maximum Gasteiger partial charge on any atom is 0.264 e. The van der Waals surface area contributed by atoms with Crippen LogP contribution in [0.15, 0.2) is 149 Å². The Bertz CT molecular complexity index is 4780. The lowest BCUT2D eigenvalue weighted by Crippen LogP contribution is -2.18.